The van der Waals surface area contributed by atoms with Crippen molar-refractivity contribution in [2.75, 3.05) is 13.1 Å². The van der Waals surface area contributed by atoms with Gasteiger partial charge < -0.3 is 10.0 Å². The SMILES string of the molecule is O=C(O)CC(=O)N1CC(F)(F)C(F)(F)C1. The van der Waals surface area contributed by atoms with Gasteiger partial charge in [-0.05, 0) is 0 Å². The second-order valence-electron chi connectivity index (χ2n) is 3.23. The molecule has 0 aromatic heterocycles. The second-order valence-corrected chi connectivity index (χ2v) is 3.23. The number of amides is 1. The summed E-state index contributed by atoms with van der Waals surface area (Å²) in [5.41, 5.74) is 0. The predicted octanol–water partition coefficient (Wildman–Crippen LogP) is 0.574. The highest BCUT2D eigenvalue weighted by atomic mass is 19.3. The number of carboxylic acids is 1. The average molecular weight is 229 g/mol. The van der Waals surface area contributed by atoms with E-state index in [1.807, 2.05) is 0 Å². The van der Waals surface area contributed by atoms with Gasteiger partial charge in [0.15, 0.2) is 0 Å². The molecule has 0 spiro atoms. The normalized spacial score (nSPS) is 22.8. The molecule has 8 heteroatoms. The second kappa shape index (κ2) is 3.35. The topological polar surface area (TPSA) is 57.6 Å². The van der Waals surface area contributed by atoms with Gasteiger partial charge in [0.1, 0.15) is 6.42 Å². The highest BCUT2D eigenvalue weighted by Crippen LogP contribution is 2.40. The maximum absolute atomic E-state index is 12.6. The van der Waals surface area contributed by atoms with Crippen LogP contribution in [0.25, 0.3) is 0 Å². The molecule has 0 atom stereocenters. The van der Waals surface area contributed by atoms with Crippen molar-refractivity contribution in [3.05, 3.63) is 0 Å². The van der Waals surface area contributed by atoms with Gasteiger partial charge in [0.05, 0.1) is 13.1 Å². The number of hydrogen-bond acceptors (Lipinski definition) is 2. The van der Waals surface area contributed by atoms with Crippen LogP contribution in [0.4, 0.5) is 17.6 Å². The van der Waals surface area contributed by atoms with E-state index in [1.54, 1.807) is 0 Å². The lowest BCUT2D eigenvalue weighted by Crippen LogP contribution is -2.38. The van der Waals surface area contributed by atoms with Crippen LogP contribution >= 0.6 is 0 Å². The fourth-order valence-electron chi connectivity index (χ4n) is 1.18. The molecule has 4 nitrogen and oxygen atoms in total. The highest BCUT2D eigenvalue weighted by Gasteiger charge is 2.63. The van der Waals surface area contributed by atoms with E-state index in [0.717, 1.165) is 0 Å². The van der Waals surface area contributed by atoms with E-state index >= 15 is 0 Å². The number of carboxylic acid groups (broad SMARTS) is 1. The van der Waals surface area contributed by atoms with Crippen LogP contribution in [-0.2, 0) is 9.59 Å². The molecule has 15 heavy (non-hydrogen) atoms. The van der Waals surface area contributed by atoms with Crippen molar-refractivity contribution in [2.24, 2.45) is 0 Å². The van der Waals surface area contributed by atoms with Crippen LogP contribution in [0.2, 0.25) is 0 Å². The summed E-state index contributed by atoms with van der Waals surface area (Å²) in [6, 6.07) is 0. The molecular weight excluding hydrogens is 222 g/mol. The van der Waals surface area contributed by atoms with Gasteiger partial charge in [-0.1, -0.05) is 0 Å². The van der Waals surface area contributed by atoms with Crippen LogP contribution in [0.15, 0.2) is 0 Å². The first-order chi connectivity index (χ1) is 6.66. The molecule has 0 bridgehead atoms. The van der Waals surface area contributed by atoms with E-state index in [0.29, 0.717) is 0 Å². The molecule has 1 amide bonds. The Morgan fingerprint density at radius 2 is 1.53 bits per heavy atom. The monoisotopic (exact) mass is 229 g/mol. The van der Waals surface area contributed by atoms with Crippen LogP contribution in [0, 0.1) is 0 Å². The molecule has 0 aromatic rings. The number of rotatable bonds is 2. The Balaban J connectivity index is 2.71. The van der Waals surface area contributed by atoms with Crippen LogP contribution in [-0.4, -0.2) is 46.8 Å². The minimum Gasteiger partial charge on any atom is -0.481 e. The Kier molecular flexibility index (Phi) is 2.62. The van der Waals surface area contributed by atoms with Crippen LogP contribution < -0.4 is 0 Å². The molecule has 0 saturated carbocycles. The Hall–Kier alpha value is -1.34. The minimum atomic E-state index is -4.29. The first-order valence-corrected chi connectivity index (χ1v) is 3.91. The summed E-state index contributed by atoms with van der Waals surface area (Å²) in [5, 5.41) is 8.18. The number of halogens is 4. The van der Waals surface area contributed by atoms with Crippen molar-refractivity contribution in [3.8, 4) is 0 Å². The summed E-state index contributed by atoms with van der Waals surface area (Å²) < 4.78 is 50.3. The lowest BCUT2D eigenvalue weighted by Gasteiger charge is -2.14. The van der Waals surface area contributed by atoms with Gasteiger partial charge in [-0.25, -0.2) is 0 Å². The first kappa shape index (κ1) is 11.7. The smallest absolute Gasteiger partial charge is 0.329 e. The van der Waals surface area contributed by atoms with Gasteiger partial charge in [0.2, 0.25) is 5.91 Å². The summed E-state index contributed by atoms with van der Waals surface area (Å²) in [5.74, 6) is -11.4. The zero-order chi connectivity index (χ0) is 11.9. The van der Waals surface area contributed by atoms with Crippen molar-refractivity contribution in [3.63, 3.8) is 0 Å². The Morgan fingerprint density at radius 1 is 1.13 bits per heavy atom. The lowest BCUT2D eigenvalue weighted by atomic mass is 10.2. The predicted molar refractivity (Wildman–Crippen MR) is 38.7 cm³/mol. The van der Waals surface area contributed by atoms with E-state index < -0.39 is 43.2 Å². The summed E-state index contributed by atoms with van der Waals surface area (Å²) in [6.45, 7) is -2.88. The number of hydrogen-bond donors (Lipinski definition) is 1. The molecule has 1 saturated heterocycles. The Bertz CT molecular complexity index is 289. The van der Waals surface area contributed by atoms with E-state index in [2.05, 4.69) is 0 Å². The average Bonchev–Trinajstić information content (AvgIpc) is 2.20. The quantitative estimate of drug-likeness (QED) is 0.556. The zero-order valence-electron chi connectivity index (χ0n) is 7.34. The van der Waals surface area contributed by atoms with Gasteiger partial charge >= 0.3 is 17.8 Å². The van der Waals surface area contributed by atoms with Gasteiger partial charge in [-0.3, -0.25) is 9.59 Å². The third-order valence-electron chi connectivity index (χ3n) is 1.97. The van der Waals surface area contributed by atoms with Gasteiger partial charge in [-0.15, -0.1) is 0 Å². The standard InChI is InChI=1S/C7H7F4NO3/c8-6(9)2-12(3-7(6,10)11)4(13)1-5(14)15/h1-3H2,(H,14,15). The maximum atomic E-state index is 12.6. The molecule has 1 aliphatic heterocycles. The molecular formula is C7H7F4NO3. The van der Waals surface area contributed by atoms with Crippen molar-refractivity contribution in [1.29, 1.82) is 0 Å². The first-order valence-electron chi connectivity index (χ1n) is 3.91. The molecule has 1 N–H and O–H groups in total. The third-order valence-corrected chi connectivity index (χ3v) is 1.97. The maximum Gasteiger partial charge on any atom is 0.329 e. The third kappa shape index (κ3) is 2.18. The Morgan fingerprint density at radius 3 is 1.87 bits per heavy atom. The number of likely N-dealkylation sites (tertiary alicyclic amines) is 1. The fourth-order valence-corrected chi connectivity index (χ4v) is 1.18. The van der Waals surface area contributed by atoms with Crippen LogP contribution in [0.5, 0.6) is 0 Å². The summed E-state index contributed by atoms with van der Waals surface area (Å²) in [6.07, 6.45) is -1.06. The number of alkyl halides is 4. The molecule has 86 valence electrons. The van der Waals surface area contributed by atoms with Crippen LogP contribution in [0.3, 0.4) is 0 Å². The van der Waals surface area contributed by atoms with E-state index in [9.17, 15) is 27.2 Å². The molecule has 1 fully saturated rings. The van der Waals surface area contributed by atoms with E-state index in [-0.39, 0.29) is 4.90 Å². The largest absolute Gasteiger partial charge is 0.481 e. The van der Waals surface area contributed by atoms with Crippen LogP contribution in [0.1, 0.15) is 6.42 Å². The molecule has 0 radical (unpaired) electrons. The van der Waals surface area contributed by atoms with E-state index in [1.165, 1.54) is 0 Å². The van der Waals surface area contributed by atoms with Gasteiger partial charge in [-0.2, -0.15) is 17.6 Å². The summed E-state index contributed by atoms with van der Waals surface area (Å²) >= 11 is 0. The van der Waals surface area contributed by atoms with Crippen molar-refractivity contribution < 1.29 is 32.3 Å². The molecule has 0 aromatic carbocycles. The number of aliphatic carboxylic acids is 1. The van der Waals surface area contributed by atoms with Crippen molar-refractivity contribution >= 4 is 11.9 Å². The molecule has 0 aliphatic carbocycles. The lowest BCUT2D eigenvalue weighted by molar-refractivity contribution is -0.172. The Labute approximate surface area is 81.5 Å². The number of carbonyl (C=O) groups excluding carboxylic acids is 1. The highest BCUT2D eigenvalue weighted by molar-refractivity contribution is 5.93. The molecule has 0 unspecified atom stereocenters. The van der Waals surface area contributed by atoms with Gasteiger partial charge in [0.25, 0.3) is 0 Å². The molecule has 1 aliphatic rings. The molecule has 1 heterocycles. The molecule has 1 rings (SSSR count). The van der Waals surface area contributed by atoms with E-state index in [4.69, 9.17) is 5.11 Å². The summed E-state index contributed by atoms with van der Waals surface area (Å²) in [4.78, 5) is 21.1. The fraction of sp³-hybridized carbons (Fsp3) is 0.714. The minimum absolute atomic E-state index is 0.161. The number of carbonyl (C=O) groups is 2. The van der Waals surface area contributed by atoms with Crippen molar-refractivity contribution in [1.82, 2.24) is 4.90 Å². The zero-order valence-corrected chi connectivity index (χ0v) is 7.34. The van der Waals surface area contributed by atoms with Gasteiger partial charge in [0, 0.05) is 0 Å². The number of nitrogens with zero attached hydrogens (tertiary/aromatic N) is 1. The summed E-state index contributed by atoms with van der Waals surface area (Å²) in [7, 11) is 0. The van der Waals surface area contributed by atoms with Crippen molar-refractivity contribution in [2.45, 2.75) is 18.3 Å².